The highest BCUT2D eigenvalue weighted by molar-refractivity contribution is 6.28. The summed E-state index contributed by atoms with van der Waals surface area (Å²) < 4.78 is 38.0. The molecule has 2 nitrogen and oxygen atoms in total. The summed E-state index contributed by atoms with van der Waals surface area (Å²) in [5.41, 5.74) is 0.845. The molecule has 0 aliphatic heterocycles. The first kappa shape index (κ1) is 14.8. The molecular formula is C14H12ClF3N2. The van der Waals surface area contributed by atoms with Crippen LogP contribution in [0, 0.1) is 0 Å². The average Bonchev–Trinajstić information content (AvgIpc) is 2.38. The highest BCUT2D eigenvalue weighted by Gasteiger charge is 2.33. The van der Waals surface area contributed by atoms with Gasteiger partial charge in [-0.15, -0.1) is 0 Å². The zero-order valence-corrected chi connectivity index (χ0v) is 11.5. The molecule has 0 atom stereocenters. The zero-order valence-electron chi connectivity index (χ0n) is 10.7. The van der Waals surface area contributed by atoms with Gasteiger partial charge in [-0.25, -0.2) is 9.97 Å². The Hall–Kier alpha value is -1.62. The molecule has 2 aromatic rings. The molecule has 0 aliphatic carbocycles. The summed E-state index contributed by atoms with van der Waals surface area (Å²) in [4.78, 5) is 7.05. The number of hydrogen-bond acceptors (Lipinski definition) is 2. The number of aryl methyl sites for hydroxylation is 1. The number of aromatic nitrogens is 2. The van der Waals surface area contributed by atoms with Crippen molar-refractivity contribution >= 4 is 11.6 Å². The molecule has 0 fully saturated rings. The standard InChI is InChI=1S/C14H12ClF3N2/c1-2-3-9-4-6-10(7-5-9)11-8-12(14(16,17)18)20-13(15)19-11/h4-8H,2-3H2,1H3. The fraction of sp³-hybridized carbons (Fsp3) is 0.286. The fourth-order valence-corrected chi connectivity index (χ4v) is 2.02. The van der Waals surface area contributed by atoms with Crippen LogP contribution < -0.4 is 0 Å². The summed E-state index contributed by atoms with van der Waals surface area (Å²) in [7, 11) is 0. The normalized spacial score (nSPS) is 11.7. The first-order valence-corrected chi connectivity index (χ1v) is 6.49. The lowest BCUT2D eigenvalue weighted by Crippen LogP contribution is -2.09. The largest absolute Gasteiger partial charge is 0.433 e. The number of halogens is 4. The maximum Gasteiger partial charge on any atom is 0.433 e. The van der Waals surface area contributed by atoms with Crippen LogP contribution in [0.4, 0.5) is 13.2 Å². The summed E-state index contributed by atoms with van der Waals surface area (Å²) >= 11 is 5.56. The minimum atomic E-state index is -4.54. The number of rotatable bonds is 3. The second kappa shape index (κ2) is 5.79. The third kappa shape index (κ3) is 3.48. The highest BCUT2D eigenvalue weighted by atomic mass is 35.5. The van der Waals surface area contributed by atoms with Crippen molar-refractivity contribution in [3.8, 4) is 11.3 Å². The van der Waals surface area contributed by atoms with E-state index in [2.05, 4.69) is 16.9 Å². The molecule has 2 rings (SSSR count). The maximum absolute atomic E-state index is 12.7. The molecule has 6 heteroatoms. The fourth-order valence-electron chi connectivity index (χ4n) is 1.84. The molecule has 106 valence electrons. The van der Waals surface area contributed by atoms with Gasteiger partial charge in [0, 0.05) is 5.56 Å². The molecular weight excluding hydrogens is 289 g/mol. The molecule has 1 aromatic heterocycles. The molecule has 0 bridgehead atoms. The van der Waals surface area contributed by atoms with Gasteiger partial charge < -0.3 is 0 Å². The van der Waals surface area contributed by atoms with E-state index < -0.39 is 17.2 Å². The van der Waals surface area contributed by atoms with E-state index in [1.165, 1.54) is 0 Å². The van der Waals surface area contributed by atoms with Crippen molar-refractivity contribution in [2.45, 2.75) is 25.9 Å². The lowest BCUT2D eigenvalue weighted by atomic mass is 10.1. The molecule has 1 aromatic carbocycles. The molecule has 0 unspecified atom stereocenters. The molecule has 0 amide bonds. The summed E-state index contributed by atoms with van der Waals surface area (Å²) in [6.45, 7) is 2.06. The molecule has 0 saturated carbocycles. The first-order valence-electron chi connectivity index (χ1n) is 6.11. The van der Waals surface area contributed by atoms with Crippen molar-refractivity contribution in [2.24, 2.45) is 0 Å². The third-order valence-corrected chi connectivity index (χ3v) is 2.95. The molecule has 0 aliphatic rings. The Kier molecular flexibility index (Phi) is 4.28. The van der Waals surface area contributed by atoms with Crippen LogP contribution in [0.1, 0.15) is 24.6 Å². The van der Waals surface area contributed by atoms with Crippen molar-refractivity contribution in [3.63, 3.8) is 0 Å². The Morgan fingerprint density at radius 3 is 2.30 bits per heavy atom. The molecule has 0 saturated heterocycles. The predicted octanol–water partition coefficient (Wildman–Crippen LogP) is 4.77. The number of benzene rings is 1. The van der Waals surface area contributed by atoms with Gasteiger partial charge in [-0.3, -0.25) is 0 Å². The van der Waals surface area contributed by atoms with Crippen molar-refractivity contribution in [2.75, 3.05) is 0 Å². The zero-order chi connectivity index (χ0) is 14.8. The summed E-state index contributed by atoms with van der Waals surface area (Å²) in [6, 6.07) is 8.14. The van der Waals surface area contributed by atoms with Gasteiger partial charge >= 0.3 is 6.18 Å². The topological polar surface area (TPSA) is 25.8 Å². The van der Waals surface area contributed by atoms with E-state index in [0.29, 0.717) is 5.56 Å². The van der Waals surface area contributed by atoms with E-state index in [1.807, 2.05) is 12.1 Å². The monoisotopic (exact) mass is 300 g/mol. The molecule has 1 heterocycles. The van der Waals surface area contributed by atoms with E-state index in [-0.39, 0.29) is 5.69 Å². The molecule has 0 radical (unpaired) electrons. The number of alkyl halides is 3. The molecule has 0 N–H and O–H groups in total. The van der Waals surface area contributed by atoms with Crippen LogP contribution in [0.25, 0.3) is 11.3 Å². The Labute approximate surface area is 119 Å². The van der Waals surface area contributed by atoms with Crippen LogP contribution in [0.15, 0.2) is 30.3 Å². The van der Waals surface area contributed by atoms with E-state index in [1.54, 1.807) is 12.1 Å². The van der Waals surface area contributed by atoms with Crippen molar-refractivity contribution in [1.29, 1.82) is 0 Å². The Morgan fingerprint density at radius 2 is 1.75 bits per heavy atom. The van der Waals surface area contributed by atoms with E-state index in [4.69, 9.17) is 11.6 Å². The summed E-state index contributed by atoms with van der Waals surface area (Å²) in [5, 5.41) is -0.410. The van der Waals surface area contributed by atoms with Gasteiger partial charge in [-0.2, -0.15) is 13.2 Å². The maximum atomic E-state index is 12.7. The first-order chi connectivity index (χ1) is 9.40. The van der Waals surface area contributed by atoms with Crippen LogP contribution in [-0.4, -0.2) is 9.97 Å². The molecule has 0 spiro atoms. The predicted molar refractivity (Wildman–Crippen MR) is 71.5 cm³/mol. The van der Waals surface area contributed by atoms with Crippen LogP contribution in [-0.2, 0) is 12.6 Å². The molecule has 20 heavy (non-hydrogen) atoms. The number of nitrogens with zero attached hydrogens (tertiary/aromatic N) is 2. The van der Waals surface area contributed by atoms with Gasteiger partial charge in [0.15, 0.2) is 0 Å². The van der Waals surface area contributed by atoms with E-state index in [9.17, 15) is 13.2 Å². The van der Waals surface area contributed by atoms with Crippen molar-refractivity contribution in [1.82, 2.24) is 9.97 Å². The second-order valence-corrected chi connectivity index (χ2v) is 4.69. The van der Waals surface area contributed by atoms with E-state index in [0.717, 1.165) is 24.5 Å². The van der Waals surface area contributed by atoms with E-state index >= 15 is 0 Å². The minimum Gasteiger partial charge on any atom is -0.218 e. The average molecular weight is 301 g/mol. The second-order valence-electron chi connectivity index (χ2n) is 4.35. The Morgan fingerprint density at radius 1 is 1.10 bits per heavy atom. The van der Waals surface area contributed by atoms with Gasteiger partial charge in [0.2, 0.25) is 5.28 Å². The van der Waals surface area contributed by atoms with Crippen LogP contribution in [0.3, 0.4) is 0 Å². The SMILES string of the molecule is CCCc1ccc(-c2cc(C(F)(F)F)nc(Cl)n2)cc1. The van der Waals surface area contributed by atoms with Crippen molar-refractivity contribution < 1.29 is 13.2 Å². The van der Waals surface area contributed by atoms with Gasteiger partial charge in [0.05, 0.1) is 5.69 Å². The summed E-state index contributed by atoms with van der Waals surface area (Å²) in [5.74, 6) is 0. The van der Waals surface area contributed by atoms with Gasteiger partial charge in [0.1, 0.15) is 5.69 Å². The smallest absolute Gasteiger partial charge is 0.218 e. The quantitative estimate of drug-likeness (QED) is 0.763. The van der Waals surface area contributed by atoms with Crippen molar-refractivity contribution in [3.05, 3.63) is 46.9 Å². The van der Waals surface area contributed by atoms with Crippen LogP contribution >= 0.6 is 11.6 Å². The minimum absolute atomic E-state index is 0.167. The van der Waals surface area contributed by atoms with Gasteiger partial charge in [-0.1, -0.05) is 37.6 Å². The lowest BCUT2D eigenvalue weighted by molar-refractivity contribution is -0.141. The van der Waals surface area contributed by atoms with Gasteiger partial charge in [0.25, 0.3) is 0 Å². The Bertz CT molecular complexity index is 594. The highest BCUT2D eigenvalue weighted by Crippen LogP contribution is 2.31. The van der Waals surface area contributed by atoms with Gasteiger partial charge in [-0.05, 0) is 29.7 Å². The third-order valence-electron chi connectivity index (χ3n) is 2.78. The Balaban J connectivity index is 2.39. The van der Waals surface area contributed by atoms with Crippen LogP contribution in [0.5, 0.6) is 0 Å². The summed E-state index contributed by atoms with van der Waals surface area (Å²) in [6.07, 6.45) is -2.60. The number of hydrogen-bond donors (Lipinski definition) is 0. The van der Waals surface area contributed by atoms with Crippen LogP contribution in [0.2, 0.25) is 5.28 Å². The lowest BCUT2D eigenvalue weighted by Gasteiger charge is -2.08.